The number of H-pyrrole nitrogens is 1. The van der Waals surface area contributed by atoms with Crippen LogP contribution in [0.5, 0.6) is 0 Å². The van der Waals surface area contributed by atoms with E-state index in [0.717, 1.165) is 17.7 Å². The van der Waals surface area contributed by atoms with Gasteiger partial charge >= 0.3 is 0 Å². The van der Waals surface area contributed by atoms with Crippen LogP contribution in [0.1, 0.15) is 21.7 Å². The highest BCUT2D eigenvalue weighted by atomic mass is 16.2. The molecule has 1 aromatic carbocycles. The van der Waals surface area contributed by atoms with Crippen molar-refractivity contribution >= 4 is 17.5 Å². The Labute approximate surface area is 115 Å². The number of benzene rings is 1. The lowest BCUT2D eigenvalue weighted by Crippen LogP contribution is -2.30. The lowest BCUT2D eigenvalue weighted by atomic mass is 10.1. The van der Waals surface area contributed by atoms with E-state index in [1.165, 1.54) is 0 Å². The molecule has 2 amide bonds. The maximum atomic E-state index is 12.3. The van der Waals surface area contributed by atoms with E-state index in [1.54, 1.807) is 29.4 Å². The van der Waals surface area contributed by atoms with Crippen LogP contribution in [0.2, 0.25) is 0 Å². The van der Waals surface area contributed by atoms with Gasteiger partial charge in [-0.15, -0.1) is 0 Å². The predicted molar refractivity (Wildman–Crippen MR) is 73.3 cm³/mol. The molecule has 0 saturated carbocycles. The van der Waals surface area contributed by atoms with Crippen molar-refractivity contribution in [3.05, 3.63) is 47.5 Å². The minimum atomic E-state index is -0.488. The number of amides is 2. The summed E-state index contributed by atoms with van der Waals surface area (Å²) < 4.78 is 0. The maximum absolute atomic E-state index is 12.3. The van der Waals surface area contributed by atoms with Gasteiger partial charge in [0.05, 0.1) is 6.42 Å². The molecule has 2 heterocycles. The number of nitrogens with two attached hydrogens (primary N) is 1. The molecule has 0 fully saturated rings. The molecule has 0 bridgehead atoms. The molecular formula is C14H14N4O2. The normalized spacial score (nSPS) is 13.3. The average Bonchev–Trinajstić information content (AvgIpc) is 3.06. The number of rotatable bonds is 3. The summed E-state index contributed by atoms with van der Waals surface area (Å²) in [5.74, 6) is 0.105. The quantitative estimate of drug-likeness (QED) is 0.857. The van der Waals surface area contributed by atoms with E-state index < -0.39 is 5.91 Å². The number of nitrogens with one attached hydrogen (secondary N) is 1. The van der Waals surface area contributed by atoms with Crippen molar-refractivity contribution in [2.75, 3.05) is 11.4 Å². The third-order valence-electron chi connectivity index (χ3n) is 3.44. The summed E-state index contributed by atoms with van der Waals surface area (Å²) in [6, 6.07) is 5.24. The Morgan fingerprint density at radius 1 is 1.40 bits per heavy atom. The highest BCUT2D eigenvalue weighted by Crippen LogP contribution is 2.29. The number of primary amides is 1. The summed E-state index contributed by atoms with van der Waals surface area (Å²) in [4.78, 5) is 32.2. The number of imidazole rings is 1. The minimum absolute atomic E-state index is 0.0414. The SMILES string of the molecule is NC(=O)c1ccc2c(c1)N(C(=O)Cc1ncc[nH]1)CC2. The number of fused-ring (bicyclic) bond motifs is 1. The summed E-state index contributed by atoms with van der Waals surface area (Å²) >= 11 is 0. The van der Waals surface area contributed by atoms with Gasteiger partial charge in [0.2, 0.25) is 11.8 Å². The zero-order valence-electron chi connectivity index (χ0n) is 10.8. The van der Waals surface area contributed by atoms with E-state index in [1.807, 2.05) is 6.07 Å². The Kier molecular flexibility index (Phi) is 2.98. The van der Waals surface area contributed by atoms with Crippen LogP contribution < -0.4 is 10.6 Å². The fourth-order valence-corrected chi connectivity index (χ4v) is 2.42. The molecule has 102 valence electrons. The second-order valence-electron chi connectivity index (χ2n) is 4.72. The van der Waals surface area contributed by atoms with Crippen LogP contribution in [0.3, 0.4) is 0 Å². The number of aromatic amines is 1. The van der Waals surface area contributed by atoms with Gasteiger partial charge in [-0.1, -0.05) is 6.07 Å². The highest BCUT2D eigenvalue weighted by Gasteiger charge is 2.25. The molecule has 1 aromatic heterocycles. The van der Waals surface area contributed by atoms with Gasteiger partial charge in [0, 0.05) is 30.2 Å². The van der Waals surface area contributed by atoms with Crippen LogP contribution >= 0.6 is 0 Å². The number of hydrogen-bond donors (Lipinski definition) is 2. The van der Waals surface area contributed by atoms with Crippen molar-refractivity contribution < 1.29 is 9.59 Å². The smallest absolute Gasteiger partial charge is 0.248 e. The fourth-order valence-electron chi connectivity index (χ4n) is 2.42. The number of anilines is 1. The van der Waals surface area contributed by atoms with Crippen LogP contribution in [-0.4, -0.2) is 28.3 Å². The van der Waals surface area contributed by atoms with Crippen molar-refractivity contribution in [1.29, 1.82) is 0 Å². The molecule has 0 radical (unpaired) electrons. The van der Waals surface area contributed by atoms with Gasteiger partial charge in [0.25, 0.3) is 0 Å². The van der Waals surface area contributed by atoms with Crippen LogP contribution in [-0.2, 0) is 17.6 Å². The Bertz CT molecular complexity index is 664. The van der Waals surface area contributed by atoms with Crippen molar-refractivity contribution in [2.45, 2.75) is 12.8 Å². The molecule has 0 atom stereocenters. The lowest BCUT2D eigenvalue weighted by Gasteiger charge is -2.17. The Morgan fingerprint density at radius 2 is 2.25 bits per heavy atom. The standard InChI is InChI=1S/C14H14N4O2/c15-14(20)10-2-1-9-3-6-18(11(9)7-10)13(19)8-12-16-4-5-17-12/h1-2,4-5,7H,3,6,8H2,(H2,15,20)(H,16,17). The van der Waals surface area contributed by atoms with Crippen molar-refractivity contribution in [3.8, 4) is 0 Å². The van der Waals surface area contributed by atoms with Gasteiger partial charge in [-0.25, -0.2) is 4.98 Å². The monoisotopic (exact) mass is 270 g/mol. The van der Waals surface area contributed by atoms with Crippen molar-refractivity contribution in [1.82, 2.24) is 9.97 Å². The van der Waals surface area contributed by atoms with E-state index in [2.05, 4.69) is 9.97 Å². The van der Waals surface area contributed by atoms with Crippen LogP contribution in [0.25, 0.3) is 0 Å². The maximum Gasteiger partial charge on any atom is 0.248 e. The van der Waals surface area contributed by atoms with Crippen molar-refractivity contribution in [3.63, 3.8) is 0 Å². The summed E-state index contributed by atoms with van der Waals surface area (Å²) in [6.07, 6.45) is 4.31. The van der Waals surface area contributed by atoms with Crippen molar-refractivity contribution in [2.24, 2.45) is 5.73 Å². The summed E-state index contributed by atoms with van der Waals surface area (Å²) in [7, 11) is 0. The van der Waals surface area contributed by atoms with Gasteiger partial charge in [-0.05, 0) is 24.1 Å². The van der Waals surface area contributed by atoms with Gasteiger partial charge < -0.3 is 15.6 Å². The molecule has 6 heteroatoms. The minimum Gasteiger partial charge on any atom is -0.366 e. The van der Waals surface area contributed by atoms with Gasteiger partial charge in [0.1, 0.15) is 5.82 Å². The lowest BCUT2D eigenvalue weighted by molar-refractivity contribution is -0.118. The van der Waals surface area contributed by atoms with Crippen LogP contribution in [0.15, 0.2) is 30.6 Å². The second kappa shape index (κ2) is 4.80. The Balaban J connectivity index is 1.86. The summed E-state index contributed by atoms with van der Waals surface area (Å²) in [5.41, 5.74) is 7.53. The average molecular weight is 270 g/mol. The van der Waals surface area contributed by atoms with E-state index in [9.17, 15) is 9.59 Å². The van der Waals surface area contributed by atoms with E-state index >= 15 is 0 Å². The molecule has 1 aliphatic rings. The molecule has 6 nitrogen and oxygen atoms in total. The molecule has 0 spiro atoms. The van der Waals surface area contributed by atoms with Crippen LogP contribution in [0.4, 0.5) is 5.69 Å². The fraction of sp³-hybridized carbons (Fsp3) is 0.214. The van der Waals surface area contributed by atoms with Gasteiger partial charge in [0.15, 0.2) is 0 Å². The van der Waals surface area contributed by atoms with Gasteiger partial charge in [-0.2, -0.15) is 0 Å². The third kappa shape index (κ3) is 2.16. The molecule has 20 heavy (non-hydrogen) atoms. The largest absolute Gasteiger partial charge is 0.366 e. The number of carbonyl (C=O) groups is 2. The summed E-state index contributed by atoms with van der Waals surface area (Å²) in [5, 5.41) is 0. The Morgan fingerprint density at radius 3 is 2.95 bits per heavy atom. The molecule has 1 aliphatic heterocycles. The van der Waals surface area contributed by atoms with Crippen LogP contribution in [0, 0.1) is 0 Å². The summed E-state index contributed by atoms with van der Waals surface area (Å²) in [6.45, 7) is 0.622. The molecule has 0 aliphatic carbocycles. The highest BCUT2D eigenvalue weighted by molar-refractivity contribution is 5.99. The number of aromatic nitrogens is 2. The first kappa shape index (κ1) is 12.4. The number of hydrogen-bond acceptors (Lipinski definition) is 3. The first-order valence-corrected chi connectivity index (χ1v) is 6.36. The number of nitrogens with zero attached hydrogens (tertiary/aromatic N) is 2. The molecule has 3 N–H and O–H groups in total. The predicted octanol–water partition coefficient (Wildman–Crippen LogP) is 0.640. The zero-order valence-corrected chi connectivity index (χ0v) is 10.8. The first-order valence-electron chi connectivity index (χ1n) is 6.36. The third-order valence-corrected chi connectivity index (χ3v) is 3.44. The molecule has 3 rings (SSSR count). The van der Waals surface area contributed by atoms with Gasteiger partial charge in [-0.3, -0.25) is 9.59 Å². The van der Waals surface area contributed by atoms with E-state index in [-0.39, 0.29) is 12.3 Å². The van der Waals surface area contributed by atoms with E-state index in [4.69, 9.17) is 5.73 Å². The molecule has 0 saturated heterocycles. The van der Waals surface area contributed by atoms with E-state index in [0.29, 0.717) is 17.9 Å². The zero-order chi connectivity index (χ0) is 14.1. The molecule has 0 unspecified atom stereocenters. The number of carbonyl (C=O) groups excluding carboxylic acids is 2. The Hall–Kier alpha value is -2.63. The topological polar surface area (TPSA) is 92.1 Å². The first-order chi connectivity index (χ1) is 9.65. The molecule has 2 aromatic rings. The molecular weight excluding hydrogens is 256 g/mol. The second-order valence-corrected chi connectivity index (χ2v) is 4.72.